The minimum absolute atomic E-state index is 0.0273. The van der Waals surface area contributed by atoms with Crippen LogP contribution in [0.15, 0.2) is 48.5 Å². The van der Waals surface area contributed by atoms with Gasteiger partial charge in [-0.2, -0.15) is 0 Å². The van der Waals surface area contributed by atoms with Gasteiger partial charge in [-0.3, -0.25) is 14.9 Å². The van der Waals surface area contributed by atoms with E-state index in [4.69, 9.17) is 0 Å². The first-order valence-electron chi connectivity index (χ1n) is 6.53. The Labute approximate surface area is 144 Å². The third-order valence-corrected chi connectivity index (χ3v) is 5.98. The van der Waals surface area contributed by atoms with Gasteiger partial charge >= 0.3 is 0 Å². The van der Waals surface area contributed by atoms with Crippen LogP contribution in [0.5, 0.6) is 0 Å². The van der Waals surface area contributed by atoms with Gasteiger partial charge in [-0.15, -0.1) is 0 Å². The van der Waals surface area contributed by atoms with Crippen LogP contribution < -0.4 is 0 Å². The molecule has 0 saturated heterocycles. The lowest BCUT2D eigenvalue weighted by atomic mass is 10.0. The fourth-order valence-corrected chi connectivity index (χ4v) is 3.07. The minimum atomic E-state index is -0.461. The van der Waals surface area contributed by atoms with Crippen molar-refractivity contribution in [3.63, 3.8) is 0 Å². The van der Waals surface area contributed by atoms with Crippen LogP contribution in [0.3, 0.4) is 0 Å². The fourth-order valence-electron chi connectivity index (χ4n) is 1.96. The van der Waals surface area contributed by atoms with Gasteiger partial charge in [-0.25, -0.2) is 0 Å². The number of non-ortho nitro benzene ring substituents is 1. The van der Waals surface area contributed by atoms with Gasteiger partial charge in [0.05, 0.1) is 14.6 Å². The molecule has 2 aromatic carbocycles. The monoisotopic (exact) mass is 425 g/mol. The number of carbonyl (C=O) groups is 1. The Morgan fingerprint density at radius 1 is 1.05 bits per heavy atom. The largest absolute Gasteiger partial charge is 0.293 e. The third-order valence-electron chi connectivity index (χ3n) is 3.27. The first kappa shape index (κ1) is 16.8. The number of aryl methyl sites for hydroxylation is 1. The summed E-state index contributed by atoms with van der Waals surface area (Å²) >= 11 is 6.91. The van der Waals surface area contributed by atoms with Crippen LogP contribution in [0.4, 0.5) is 5.69 Å². The topological polar surface area (TPSA) is 60.2 Å². The molecule has 0 unspecified atom stereocenters. The number of halogens is 2. The van der Waals surface area contributed by atoms with E-state index < -0.39 is 9.75 Å². The minimum Gasteiger partial charge on any atom is -0.293 e. The van der Waals surface area contributed by atoms with E-state index in [2.05, 4.69) is 31.9 Å². The van der Waals surface area contributed by atoms with Crippen molar-refractivity contribution in [2.24, 2.45) is 0 Å². The van der Waals surface area contributed by atoms with Gasteiger partial charge in [0.1, 0.15) is 0 Å². The molecule has 0 aliphatic carbocycles. The molecule has 0 amide bonds. The van der Waals surface area contributed by atoms with Crippen LogP contribution in [-0.2, 0) is 0 Å². The third kappa shape index (κ3) is 3.81. The highest BCUT2D eigenvalue weighted by atomic mass is 79.9. The zero-order valence-electron chi connectivity index (χ0n) is 11.7. The number of carbonyl (C=O) groups excluding carboxylic acids is 1. The molecular formula is C16H13Br2NO3. The van der Waals surface area contributed by atoms with Crippen molar-refractivity contribution in [1.29, 1.82) is 0 Å². The number of Topliss-reactive ketones (excluding diaryl/α,β-unsaturated/α-hetero) is 1. The van der Waals surface area contributed by atoms with Crippen molar-refractivity contribution in [3.8, 4) is 0 Å². The lowest BCUT2D eigenvalue weighted by Gasteiger charge is -2.16. The van der Waals surface area contributed by atoms with Crippen molar-refractivity contribution >= 4 is 43.3 Å². The van der Waals surface area contributed by atoms with E-state index in [9.17, 15) is 14.9 Å². The van der Waals surface area contributed by atoms with E-state index in [1.165, 1.54) is 12.1 Å². The molecule has 6 heteroatoms. The standard InChI is InChI=1S/C16H13Br2NO3/c1-10-2-4-12(5-3-10)16(20)15(18)14(17)11-6-8-13(9-7-11)19(21)22/h2-9,14-15H,1H3/t14-,15-/m1/s1. The highest BCUT2D eigenvalue weighted by Gasteiger charge is 2.26. The van der Waals surface area contributed by atoms with Gasteiger partial charge in [-0.05, 0) is 12.5 Å². The summed E-state index contributed by atoms with van der Waals surface area (Å²) in [4.78, 5) is 21.9. The first-order valence-corrected chi connectivity index (χ1v) is 8.36. The lowest BCUT2D eigenvalue weighted by molar-refractivity contribution is -0.384. The second kappa shape index (κ2) is 7.15. The van der Waals surface area contributed by atoms with Crippen LogP contribution in [0.2, 0.25) is 0 Å². The molecule has 0 bridgehead atoms. The first-order chi connectivity index (χ1) is 10.4. The molecule has 0 aliphatic heterocycles. The van der Waals surface area contributed by atoms with Gasteiger partial charge in [-0.1, -0.05) is 73.8 Å². The number of benzene rings is 2. The molecule has 2 rings (SSSR count). The Hall–Kier alpha value is -1.53. The number of hydrogen-bond donors (Lipinski definition) is 0. The predicted octanol–water partition coefficient (Wildman–Crippen LogP) is 4.99. The summed E-state index contributed by atoms with van der Waals surface area (Å²) in [5, 5.41) is 10.7. The summed E-state index contributed by atoms with van der Waals surface area (Å²) in [6, 6.07) is 13.5. The highest BCUT2D eigenvalue weighted by Crippen LogP contribution is 2.34. The average molecular weight is 427 g/mol. The zero-order valence-corrected chi connectivity index (χ0v) is 14.9. The number of hydrogen-bond acceptors (Lipinski definition) is 3. The van der Waals surface area contributed by atoms with E-state index in [0.29, 0.717) is 5.56 Å². The summed E-state index contributed by atoms with van der Waals surface area (Å²) in [5.74, 6) is -0.0415. The van der Waals surface area contributed by atoms with Crippen LogP contribution in [0.1, 0.15) is 26.3 Å². The molecule has 0 aromatic heterocycles. The van der Waals surface area contributed by atoms with Gasteiger partial charge in [0.15, 0.2) is 5.78 Å². The van der Waals surface area contributed by atoms with Crippen LogP contribution >= 0.6 is 31.9 Å². The van der Waals surface area contributed by atoms with Crippen LogP contribution in [-0.4, -0.2) is 15.5 Å². The van der Waals surface area contributed by atoms with Crippen molar-refractivity contribution in [2.45, 2.75) is 16.6 Å². The van der Waals surface area contributed by atoms with Gasteiger partial charge in [0, 0.05) is 17.7 Å². The molecular weight excluding hydrogens is 414 g/mol. The summed E-state index contributed by atoms with van der Waals surface area (Å²) in [6.07, 6.45) is 0. The van der Waals surface area contributed by atoms with E-state index in [0.717, 1.165) is 11.1 Å². The second-order valence-corrected chi connectivity index (χ2v) is 6.86. The van der Waals surface area contributed by atoms with Gasteiger partial charge in [0.2, 0.25) is 0 Å². The molecule has 4 nitrogen and oxygen atoms in total. The van der Waals surface area contributed by atoms with Crippen molar-refractivity contribution in [2.75, 3.05) is 0 Å². The maximum absolute atomic E-state index is 12.5. The molecule has 0 heterocycles. The molecule has 22 heavy (non-hydrogen) atoms. The maximum Gasteiger partial charge on any atom is 0.269 e. The predicted molar refractivity (Wildman–Crippen MR) is 93.0 cm³/mol. The second-order valence-electron chi connectivity index (χ2n) is 4.88. The molecule has 0 fully saturated rings. The lowest BCUT2D eigenvalue weighted by Crippen LogP contribution is -2.19. The molecule has 2 atom stereocenters. The zero-order chi connectivity index (χ0) is 16.3. The van der Waals surface area contributed by atoms with Crippen molar-refractivity contribution < 1.29 is 9.72 Å². The highest BCUT2D eigenvalue weighted by molar-refractivity contribution is 9.12. The van der Waals surface area contributed by atoms with Crippen LogP contribution in [0, 0.1) is 17.0 Å². The van der Waals surface area contributed by atoms with Crippen LogP contribution in [0.25, 0.3) is 0 Å². The molecule has 114 valence electrons. The number of alkyl halides is 2. The summed E-state index contributed by atoms with van der Waals surface area (Å²) in [6.45, 7) is 1.96. The number of rotatable bonds is 5. The molecule has 0 saturated carbocycles. The summed E-state index contributed by atoms with van der Waals surface area (Å²) < 4.78 is 0. The Bertz CT molecular complexity index is 684. The van der Waals surface area contributed by atoms with Gasteiger partial charge in [0.25, 0.3) is 5.69 Å². The number of nitrogens with zero attached hydrogens (tertiary/aromatic N) is 1. The van der Waals surface area contributed by atoms with E-state index in [1.807, 2.05) is 19.1 Å². The fraction of sp³-hybridized carbons (Fsp3) is 0.188. The normalized spacial score (nSPS) is 13.4. The number of nitro groups is 1. The van der Waals surface area contributed by atoms with E-state index >= 15 is 0 Å². The Morgan fingerprint density at radius 3 is 2.09 bits per heavy atom. The average Bonchev–Trinajstić information content (AvgIpc) is 2.53. The quantitative estimate of drug-likeness (QED) is 0.293. The molecule has 2 aromatic rings. The van der Waals surface area contributed by atoms with Gasteiger partial charge < -0.3 is 0 Å². The number of ketones is 1. The Kier molecular flexibility index (Phi) is 5.47. The van der Waals surface area contributed by atoms with Crippen molar-refractivity contribution in [1.82, 2.24) is 0 Å². The number of nitro benzene ring substituents is 1. The maximum atomic E-state index is 12.5. The summed E-state index contributed by atoms with van der Waals surface area (Å²) in [5.41, 5.74) is 2.54. The molecule has 0 radical (unpaired) electrons. The van der Waals surface area contributed by atoms with E-state index in [-0.39, 0.29) is 16.3 Å². The SMILES string of the molecule is Cc1ccc(C(=O)[C@H](Br)[C@H](Br)c2ccc([N+](=O)[O-])cc2)cc1. The van der Waals surface area contributed by atoms with Crippen molar-refractivity contribution in [3.05, 3.63) is 75.3 Å². The molecule has 0 spiro atoms. The summed E-state index contributed by atoms with van der Waals surface area (Å²) in [7, 11) is 0. The Balaban J connectivity index is 2.17. The molecule has 0 aliphatic rings. The van der Waals surface area contributed by atoms with E-state index in [1.54, 1.807) is 24.3 Å². The Morgan fingerprint density at radius 2 is 1.59 bits per heavy atom. The smallest absolute Gasteiger partial charge is 0.269 e. The molecule has 0 N–H and O–H groups in total.